The fourth-order valence-corrected chi connectivity index (χ4v) is 3.88. The summed E-state index contributed by atoms with van der Waals surface area (Å²) in [5, 5.41) is 4.25. The highest BCUT2D eigenvalue weighted by Gasteiger charge is 2.20. The molecule has 2 heterocycles. The first kappa shape index (κ1) is 16.1. The number of nitrogens with two attached hydrogens (primary N) is 1. The monoisotopic (exact) mass is 365 g/mol. The number of amides is 1. The molecule has 0 bridgehead atoms. The summed E-state index contributed by atoms with van der Waals surface area (Å²) in [5.74, 6) is -0.327. The molecule has 3 aromatic rings. The van der Waals surface area contributed by atoms with Crippen LogP contribution in [0.3, 0.4) is 0 Å². The predicted molar refractivity (Wildman–Crippen MR) is 97.9 cm³/mol. The van der Waals surface area contributed by atoms with Crippen LogP contribution in [0.2, 0.25) is 10.0 Å². The molecule has 0 saturated carbocycles. The first-order valence-electron chi connectivity index (χ1n) is 6.80. The van der Waals surface area contributed by atoms with Gasteiger partial charge in [0.1, 0.15) is 9.71 Å². The standard InChI is InChI=1S/C16H13Cl2N3OS/c1-7-6-8(2)20-16-11(7)13(19)14(23-16)15(22)21-10-5-3-4-9(17)12(10)18/h3-6H,19H2,1-2H3,(H,21,22). The lowest BCUT2D eigenvalue weighted by atomic mass is 10.1. The van der Waals surface area contributed by atoms with E-state index in [0.29, 0.717) is 26.3 Å². The maximum atomic E-state index is 12.6. The summed E-state index contributed by atoms with van der Waals surface area (Å²) in [6.45, 7) is 3.86. The molecule has 0 aliphatic rings. The number of fused-ring (bicyclic) bond motifs is 1. The lowest BCUT2D eigenvalue weighted by molar-refractivity contribution is 0.103. The van der Waals surface area contributed by atoms with Gasteiger partial charge >= 0.3 is 0 Å². The zero-order chi connectivity index (χ0) is 16.7. The van der Waals surface area contributed by atoms with Gasteiger partial charge in [0.2, 0.25) is 0 Å². The number of nitrogen functional groups attached to an aromatic ring is 1. The van der Waals surface area contributed by atoms with Gasteiger partial charge in [0.15, 0.2) is 0 Å². The van der Waals surface area contributed by atoms with Gasteiger partial charge in [-0.25, -0.2) is 4.98 Å². The van der Waals surface area contributed by atoms with Gasteiger partial charge < -0.3 is 11.1 Å². The number of carbonyl (C=O) groups excluding carboxylic acids is 1. The molecule has 0 aliphatic heterocycles. The van der Waals surface area contributed by atoms with Crippen LogP contribution in [-0.2, 0) is 0 Å². The molecule has 0 saturated heterocycles. The minimum Gasteiger partial charge on any atom is -0.397 e. The van der Waals surface area contributed by atoms with Gasteiger partial charge in [0.05, 0.1) is 21.4 Å². The third-order valence-corrected chi connectivity index (χ3v) is 5.35. The number of rotatable bonds is 2. The Bertz CT molecular complexity index is 937. The number of thiophene rings is 1. The Morgan fingerprint density at radius 1 is 1.30 bits per heavy atom. The first-order chi connectivity index (χ1) is 10.9. The van der Waals surface area contributed by atoms with Crippen LogP contribution in [0.25, 0.3) is 10.2 Å². The molecule has 118 valence electrons. The Labute approximate surface area is 147 Å². The Morgan fingerprint density at radius 2 is 2.04 bits per heavy atom. The van der Waals surface area contributed by atoms with Crippen LogP contribution < -0.4 is 11.1 Å². The number of pyridine rings is 1. The fraction of sp³-hybridized carbons (Fsp3) is 0.125. The second-order valence-electron chi connectivity index (χ2n) is 5.16. The summed E-state index contributed by atoms with van der Waals surface area (Å²) in [5.41, 5.74) is 8.94. The molecule has 1 amide bonds. The highest BCUT2D eigenvalue weighted by atomic mass is 35.5. The van der Waals surface area contributed by atoms with Crippen molar-refractivity contribution in [3.8, 4) is 0 Å². The van der Waals surface area contributed by atoms with E-state index in [1.165, 1.54) is 11.3 Å². The lowest BCUT2D eigenvalue weighted by Gasteiger charge is -2.07. The van der Waals surface area contributed by atoms with Crippen LogP contribution >= 0.6 is 34.5 Å². The SMILES string of the molecule is Cc1cc(C)c2c(N)c(C(=O)Nc3cccc(Cl)c3Cl)sc2n1. The van der Waals surface area contributed by atoms with Crippen molar-refractivity contribution in [1.29, 1.82) is 0 Å². The Balaban J connectivity index is 2.03. The van der Waals surface area contributed by atoms with Gasteiger partial charge in [-0.15, -0.1) is 11.3 Å². The summed E-state index contributed by atoms with van der Waals surface area (Å²) in [6, 6.07) is 7.00. The second-order valence-corrected chi connectivity index (χ2v) is 6.95. The van der Waals surface area contributed by atoms with Gasteiger partial charge in [-0.1, -0.05) is 29.3 Å². The summed E-state index contributed by atoms with van der Waals surface area (Å²) >= 11 is 13.3. The van der Waals surface area contributed by atoms with Gasteiger partial charge in [-0.05, 0) is 37.6 Å². The maximum Gasteiger partial charge on any atom is 0.267 e. The van der Waals surface area contributed by atoms with Crippen LogP contribution in [0.5, 0.6) is 0 Å². The van der Waals surface area contributed by atoms with Crippen molar-refractivity contribution >= 4 is 62.0 Å². The number of nitrogens with one attached hydrogen (secondary N) is 1. The van der Waals surface area contributed by atoms with Gasteiger partial charge in [-0.3, -0.25) is 4.79 Å². The Hall–Kier alpha value is -1.82. The van der Waals surface area contributed by atoms with E-state index >= 15 is 0 Å². The predicted octanol–water partition coefficient (Wildman–Crippen LogP) is 5.05. The molecular weight excluding hydrogens is 353 g/mol. The minimum atomic E-state index is -0.327. The third-order valence-electron chi connectivity index (χ3n) is 3.43. The Morgan fingerprint density at radius 3 is 2.78 bits per heavy atom. The van der Waals surface area contributed by atoms with Crippen molar-refractivity contribution < 1.29 is 4.79 Å². The van der Waals surface area contributed by atoms with Crippen LogP contribution in [0, 0.1) is 13.8 Å². The van der Waals surface area contributed by atoms with Crippen LogP contribution in [0.15, 0.2) is 24.3 Å². The molecule has 0 aliphatic carbocycles. The average Bonchev–Trinajstić information content (AvgIpc) is 2.81. The fourth-order valence-electron chi connectivity index (χ4n) is 2.42. The Kier molecular flexibility index (Phi) is 4.19. The van der Waals surface area contributed by atoms with E-state index in [0.717, 1.165) is 21.5 Å². The zero-order valence-corrected chi connectivity index (χ0v) is 14.7. The van der Waals surface area contributed by atoms with E-state index in [9.17, 15) is 4.79 Å². The van der Waals surface area contributed by atoms with E-state index in [1.54, 1.807) is 18.2 Å². The van der Waals surface area contributed by atoms with Crippen LogP contribution in [-0.4, -0.2) is 10.9 Å². The van der Waals surface area contributed by atoms with E-state index in [4.69, 9.17) is 28.9 Å². The van der Waals surface area contributed by atoms with Gasteiger partial charge in [0.25, 0.3) is 5.91 Å². The number of halogens is 2. The third kappa shape index (κ3) is 2.87. The van der Waals surface area contributed by atoms with E-state index < -0.39 is 0 Å². The van der Waals surface area contributed by atoms with Crippen molar-refractivity contribution in [2.24, 2.45) is 0 Å². The quantitative estimate of drug-likeness (QED) is 0.667. The smallest absolute Gasteiger partial charge is 0.267 e. The van der Waals surface area contributed by atoms with Crippen molar-refractivity contribution in [3.63, 3.8) is 0 Å². The van der Waals surface area contributed by atoms with Crippen molar-refractivity contribution in [3.05, 3.63) is 50.4 Å². The minimum absolute atomic E-state index is 0.298. The molecule has 0 spiro atoms. The molecular formula is C16H13Cl2N3OS. The molecule has 4 nitrogen and oxygen atoms in total. The van der Waals surface area contributed by atoms with Crippen LogP contribution in [0.1, 0.15) is 20.9 Å². The molecule has 1 aromatic carbocycles. The lowest BCUT2D eigenvalue weighted by Crippen LogP contribution is -2.12. The number of anilines is 2. The van der Waals surface area contributed by atoms with E-state index in [1.807, 2.05) is 19.9 Å². The highest BCUT2D eigenvalue weighted by molar-refractivity contribution is 7.21. The molecule has 0 atom stereocenters. The molecule has 3 rings (SSSR count). The van der Waals surface area contributed by atoms with Gasteiger partial charge in [-0.2, -0.15) is 0 Å². The van der Waals surface area contributed by atoms with Gasteiger partial charge in [0, 0.05) is 11.1 Å². The normalized spacial score (nSPS) is 11.0. The molecule has 0 fully saturated rings. The molecule has 0 radical (unpaired) electrons. The van der Waals surface area contributed by atoms with Crippen molar-refractivity contribution in [1.82, 2.24) is 4.98 Å². The highest BCUT2D eigenvalue weighted by Crippen LogP contribution is 2.36. The molecule has 7 heteroatoms. The number of aryl methyl sites for hydroxylation is 2. The summed E-state index contributed by atoms with van der Waals surface area (Å²) in [6.07, 6.45) is 0. The maximum absolute atomic E-state index is 12.6. The molecule has 23 heavy (non-hydrogen) atoms. The van der Waals surface area contributed by atoms with E-state index in [-0.39, 0.29) is 5.91 Å². The topological polar surface area (TPSA) is 68.0 Å². The number of aromatic nitrogens is 1. The van der Waals surface area contributed by atoms with E-state index in [2.05, 4.69) is 10.3 Å². The van der Waals surface area contributed by atoms with Crippen molar-refractivity contribution in [2.45, 2.75) is 13.8 Å². The van der Waals surface area contributed by atoms with Crippen molar-refractivity contribution in [2.75, 3.05) is 11.1 Å². The average molecular weight is 366 g/mol. The summed E-state index contributed by atoms with van der Waals surface area (Å²) in [4.78, 5) is 18.2. The number of hydrogen-bond donors (Lipinski definition) is 2. The first-order valence-corrected chi connectivity index (χ1v) is 8.37. The van der Waals surface area contributed by atoms with Crippen LogP contribution in [0.4, 0.5) is 11.4 Å². The molecule has 2 aromatic heterocycles. The largest absolute Gasteiger partial charge is 0.397 e. The molecule has 3 N–H and O–H groups in total. The number of nitrogens with zero attached hydrogens (tertiary/aromatic N) is 1. The molecule has 0 unspecified atom stereocenters. The number of hydrogen-bond acceptors (Lipinski definition) is 4. The second kappa shape index (κ2) is 6.00. The zero-order valence-electron chi connectivity index (χ0n) is 12.4. The number of benzene rings is 1. The number of carbonyl (C=O) groups is 1. The summed E-state index contributed by atoms with van der Waals surface area (Å²) in [7, 11) is 0. The summed E-state index contributed by atoms with van der Waals surface area (Å²) < 4.78 is 0.